The molecule has 1 fully saturated rings. The minimum Gasteiger partial charge on any atom is -0.462 e. The molecule has 21 heavy (non-hydrogen) atoms. The Kier molecular flexibility index (Phi) is 5.41. The van der Waals surface area contributed by atoms with Crippen LogP contribution in [0.5, 0.6) is 0 Å². The third kappa shape index (κ3) is 3.86. The largest absolute Gasteiger partial charge is 0.462 e. The van der Waals surface area contributed by atoms with Crippen LogP contribution in [0.1, 0.15) is 17.3 Å². The molecule has 1 aliphatic heterocycles. The lowest BCUT2D eigenvalue weighted by atomic mass is 10.1. The third-order valence-corrected chi connectivity index (χ3v) is 3.69. The Morgan fingerprint density at radius 3 is 2.67 bits per heavy atom. The maximum Gasteiger partial charge on any atom is 0.340 e. The number of anilines is 2. The van der Waals surface area contributed by atoms with Gasteiger partial charge in [0.2, 0.25) is 0 Å². The summed E-state index contributed by atoms with van der Waals surface area (Å²) in [6, 6.07) is 5.48. The molecule has 0 spiro atoms. The maximum atomic E-state index is 11.9. The third-order valence-electron chi connectivity index (χ3n) is 3.69. The Bertz CT molecular complexity index is 485. The molecule has 6 nitrogen and oxygen atoms in total. The van der Waals surface area contributed by atoms with Crippen molar-refractivity contribution in [1.82, 2.24) is 4.90 Å². The van der Waals surface area contributed by atoms with Crippen LogP contribution in [0.25, 0.3) is 0 Å². The highest BCUT2D eigenvalue weighted by Gasteiger charge is 2.19. The molecule has 1 saturated heterocycles. The van der Waals surface area contributed by atoms with Crippen LogP contribution < -0.4 is 10.6 Å². The topological polar surface area (TPSA) is 79.0 Å². The number of carbonyl (C=O) groups is 1. The number of nitrogens with zero attached hydrogens (tertiary/aromatic N) is 2. The molecule has 1 heterocycles. The molecule has 1 aromatic carbocycles. The lowest BCUT2D eigenvalue weighted by Gasteiger charge is -2.36. The van der Waals surface area contributed by atoms with Crippen molar-refractivity contribution in [3.05, 3.63) is 23.8 Å². The van der Waals surface area contributed by atoms with E-state index in [9.17, 15) is 4.79 Å². The molecular formula is C15H23N3O3. The number of nitrogens with two attached hydrogens (primary N) is 1. The molecule has 3 N–H and O–H groups in total. The van der Waals surface area contributed by atoms with E-state index in [1.54, 1.807) is 19.1 Å². The van der Waals surface area contributed by atoms with Crippen LogP contribution in [0.3, 0.4) is 0 Å². The summed E-state index contributed by atoms with van der Waals surface area (Å²) in [5.41, 5.74) is 7.70. The molecule has 2 rings (SSSR count). The van der Waals surface area contributed by atoms with E-state index in [4.69, 9.17) is 15.6 Å². The van der Waals surface area contributed by atoms with E-state index in [2.05, 4.69) is 9.80 Å². The van der Waals surface area contributed by atoms with Crippen molar-refractivity contribution in [2.24, 2.45) is 0 Å². The first kappa shape index (κ1) is 15.6. The smallest absolute Gasteiger partial charge is 0.340 e. The molecule has 0 amide bonds. The first-order valence-corrected chi connectivity index (χ1v) is 7.30. The van der Waals surface area contributed by atoms with Gasteiger partial charge in [0.1, 0.15) is 0 Å². The van der Waals surface area contributed by atoms with E-state index in [1.165, 1.54) is 0 Å². The molecule has 116 valence electrons. The van der Waals surface area contributed by atoms with Crippen LogP contribution in [-0.4, -0.2) is 61.9 Å². The van der Waals surface area contributed by atoms with E-state index < -0.39 is 0 Å². The van der Waals surface area contributed by atoms with Crippen LogP contribution in [0, 0.1) is 0 Å². The number of hydrogen-bond acceptors (Lipinski definition) is 6. The van der Waals surface area contributed by atoms with Crippen LogP contribution >= 0.6 is 0 Å². The fourth-order valence-electron chi connectivity index (χ4n) is 2.50. The average molecular weight is 293 g/mol. The monoisotopic (exact) mass is 293 g/mol. The van der Waals surface area contributed by atoms with Crippen LogP contribution in [-0.2, 0) is 4.74 Å². The minimum absolute atomic E-state index is 0.189. The SMILES string of the molecule is CCOC(=O)c1cc(N2CCN(CCO)CC2)ccc1N. The van der Waals surface area contributed by atoms with E-state index in [1.807, 2.05) is 6.07 Å². The average Bonchev–Trinajstić information content (AvgIpc) is 2.49. The molecule has 0 aliphatic carbocycles. The van der Waals surface area contributed by atoms with Gasteiger partial charge in [-0.15, -0.1) is 0 Å². The van der Waals surface area contributed by atoms with Crippen molar-refractivity contribution in [2.45, 2.75) is 6.92 Å². The minimum atomic E-state index is -0.379. The molecule has 1 aromatic rings. The zero-order valence-corrected chi connectivity index (χ0v) is 12.4. The van der Waals surface area contributed by atoms with Gasteiger partial charge in [-0.3, -0.25) is 4.90 Å². The summed E-state index contributed by atoms with van der Waals surface area (Å²) in [6.07, 6.45) is 0. The van der Waals surface area contributed by atoms with E-state index in [-0.39, 0.29) is 12.6 Å². The normalized spacial score (nSPS) is 16.0. The van der Waals surface area contributed by atoms with Crippen molar-refractivity contribution in [3.8, 4) is 0 Å². The summed E-state index contributed by atoms with van der Waals surface area (Å²) in [5, 5.41) is 8.96. The molecule has 0 unspecified atom stereocenters. The number of piperazine rings is 1. The Morgan fingerprint density at radius 2 is 2.05 bits per heavy atom. The van der Waals surface area contributed by atoms with Gasteiger partial charge in [0.05, 0.1) is 18.8 Å². The zero-order valence-electron chi connectivity index (χ0n) is 12.4. The van der Waals surface area contributed by atoms with Gasteiger partial charge in [-0.1, -0.05) is 0 Å². The summed E-state index contributed by atoms with van der Waals surface area (Å²) in [7, 11) is 0. The highest BCUT2D eigenvalue weighted by molar-refractivity contribution is 5.96. The summed E-state index contributed by atoms with van der Waals surface area (Å²) in [4.78, 5) is 16.3. The number of esters is 1. The van der Waals surface area contributed by atoms with Crippen molar-refractivity contribution >= 4 is 17.3 Å². The molecule has 0 bridgehead atoms. The molecule has 1 aliphatic rings. The summed E-state index contributed by atoms with van der Waals surface area (Å²) in [5.74, 6) is -0.379. The van der Waals surface area contributed by atoms with Crippen molar-refractivity contribution in [2.75, 3.05) is 56.6 Å². The van der Waals surface area contributed by atoms with Crippen molar-refractivity contribution < 1.29 is 14.6 Å². The summed E-state index contributed by atoms with van der Waals surface area (Å²) >= 11 is 0. The highest BCUT2D eigenvalue weighted by atomic mass is 16.5. The van der Waals surface area contributed by atoms with Gasteiger partial charge in [-0.05, 0) is 25.1 Å². The van der Waals surface area contributed by atoms with Gasteiger partial charge in [0.25, 0.3) is 0 Å². The Balaban J connectivity index is 2.07. The number of aliphatic hydroxyl groups excluding tert-OH is 1. The predicted octanol–water partition coefficient (Wildman–Crippen LogP) is 0.560. The Hall–Kier alpha value is -1.79. The Morgan fingerprint density at radius 1 is 1.33 bits per heavy atom. The van der Waals surface area contributed by atoms with E-state index >= 15 is 0 Å². The second-order valence-electron chi connectivity index (χ2n) is 5.04. The van der Waals surface area contributed by atoms with Gasteiger partial charge in [-0.2, -0.15) is 0 Å². The zero-order chi connectivity index (χ0) is 15.2. The second-order valence-corrected chi connectivity index (χ2v) is 5.04. The van der Waals surface area contributed by atoms with Crippen molar-refractivity contribution in [1.29, 1.82) is 0 Å². The van der Waals surface area contributed by atoms with Crippen LogP contribution in [0.15, 0.2) is 18.2 Å². The van der Waals surface area contributed by atoms with Gasteiger partial charge in [0, 0.05) is 44.1 Å². The molecule has 0 radical (unpaired) electrons. The fourth-order valence-corrected chi connectivity index (χ4v) is 2.50. The lowest BCUT2D eigenvalue weighted by molar-refractivity contribution is 0.0527. The number of hydrogen-bond donors (Lipinski definition) is 2. The summed E-state index contributed by atoms with van der Waals surface area (Å²) < 4.78 is 5.03. The highest BCUT2D eigenvalue weighted by Crippen LogP contribution is 2.23. The summed E-state index contributed by atoms with van der Waals surface area (Å²) in [6.45, 7) is 6.55. The molecule has 6 heteroatoms. The number of aliphatic hydroxyl groups is 1. The second kappa shape index (κ2) is 7.28. The predicted molar refractivity (Wildman–Crippen MR) is 82.5 cm³/mol. The van der Waals surface area contributed by atoms with Crippen molar-refractivity contribution in [3.63, 3.8) is 0 Å². The first-order valence-electron chi connectivity index (χ1n) is 7.30. The van der Waals surface area contributed by atoms with Gasteiger partial charge < -0.3 is 20.5 Å². The molecule has 0 saturated carbocycles. The molecule has 0 aromatic heterocycles. The van der Waals surface area contributed by atoms with E-state index in [0.29, 0.717) is 24.4 Å². The number of rotatable bonds is 5. The first-order chi connectivity index (χ1) is 10.2. The van der Waals surface area contributed by atoms with Gasteiger partial charge in [-0.25, -0.2) is 4.79 Å². The van der Waals surface area contributed by atoms with Crippen LogP contribution in [0.4, 0.5) is 11.4 Å². The van der Waals surface area contributed by atoms with Gasteiger partial charge in [0.15, 0.2) is 0 Å². The standard InChI is InChI=1S/C15H23N3O3/c1-2-21-15(20)13-11-12(3-4-14(13)16)18-7-5-17(6-8-18)9-10-19/h3-4,11,19H,2,5-10,16H2,1H3. The van der Waals surface area contributed by atoms with Gasteiger partial charge >= 0.3 is 5.97 Å². The number of carbonyl (C=O) groups excluding carboxylic acids is 1. The number of nitrogen functional groups attached to an aromatic ring is 1. The van der Waals surface area contributed by atoms with E-state index in [0.717, 1.165) is 31.9 Å². The molecule has 0 atom stereocenters. The van der Waals surface area contributed by atoms with Crippen LogP contribution in [0.2, 0.25) is 0 Å². The Labute approximate surface area is 125 Å². The lowest BCUT2D eigenvalue weighted by Crippen LogP contribution is -2.47. The quantitative estimate of drug-likeness (QED) is 0.610. The number of β-amino-alcohol motifs (C(OH)–C–C–N with tert-alkyl or cyclic N) is 1. The number of benzene rings is 1. The number of ether oxygens (including phenoxy) is 1. The fraction of sp³-hybridized carbons (Fsp3) is 0.533. The molecular weight excluding hydrogens is 270 g/mol. The maximum absolute atomic E-state index is 11.9.